The highest BCUT2D eigenvalue weighted by atomic mass is 35.5. The smallest absolute Gasteiger partial charge is 0.337 e. The van der Waals surface area contributed by atoms with E-state index in [1.54, 1.807) is 0 Å². The Morgan fingerprint density at radius 3 is 2.23 bits per heavy atom. The summed E-state index contributed by atoms with van der Waals surface area (Å²) >= 11 is 6.12. The Hall–Kier alpha value is -2.14. The van der Waals surface area contributed by atoms with Gasteiger partial charge >= 0.3 is 5.97 Å². The third kappa shape index (κ3) is 4.77. The third-order valence-electron chi connectivity index (χ3n) is 4.70. The topological polar surface area (TPSA) is 110 Å². The Morgan fingerprint density at radius 2 is 1.63 bits per heavy atom. The Bertz CT molecular complexity index is 1140. The van der Waals surface area contributed by atoms with Crippen molar-refractivity contribution in [3.05, 3.63) is 53.1 Å². The number of carbonyl (C=O) groups excluding carboxylic acids is 1. The second-order valence-electron chi connectivity index (χ2n) is 6.73. The molecule has 0 amide bonds. The summed E-state index contributed by atoms with van der Waals surface area (Å²) in [4.78, 5) is 11.3. The summed E-state index contributed by atoms with van der Waals surface area (Å²) in [7, 11) is -6.63. The van der Waals surface area contributed by atoms with Gasteiger partial charge in [0, 0.05) is 13.1 Å². The predicted octanol–water partition coefficient (Wildman–Crippen LogP) is 3.10. The van der Waals surface area contributed by atoms with Crippen LogP contribution in [0.5, 0.6) is 0 Å². The molecule has 11 heteroatoms. The van der Waals surface area contributed by atoms with Crippen molar-refractivity contribution in [3.63, 3.8) is 0 Å². The number of esters is 1. The fraction of sp³-hybridized carbons (Fsp3) is 0.316. The van der Waals surface area contributed by atoms with E-state index < -0.39 is 26.0 Å². The molecule has 30 heavy (non-hydrogen) atoms. The first-order valence-corrected chi connectivity index (χ1v) is 12.5. The fourth-order valence-electron chi connectivity index (χ4n) is 3.11. The van der Waals surface area contributed by atoms with Crippen molar-refractivity contribution in [1.29, 1.82) is 0 Å². The van der Waals surface area contributed by atoms with Gasteiger partial charge in [-0.05, 0) is 55.3 Å². The van der Waals surface area contributed by atoms with Crippen LogP contribution in [-0.2, 0) is 24.8 Å². The zero-order valence-corrected chi connectivity index (χ0v) is 18.6. The van der Waals surface area contributed by atoms with Crippen molar-refractivity contribution < 1.29 is 26.4 Å². The molecule has 0 bridgehead atoms. The molecule has 1 aliphatic rings. The van der Waals surface area contributed by atoms with Crippen molar-refractivity contribution in [3.8, 4) is 0 Å². The Morgan fingerprint density at radius 1 is 1.00 bits per heavy atom. The van der Waals surface area contributed by atoms with Crippen LogP contribution in [0.1, 0.15) is 29.6 Å². The van der Waals surface area contributed by atoms with E-state index in [2.05, 4.69) is 9.46 Å². The number of nitrogens with one attached hydrogen (secondary N) is 1. The lowest BCUT2D eigenvalue weighted by molar-refractivity contribution is 0.0600. The molecule has 1 N–H and O–H groups in total. The molecular weight excluding hydrogens is 452 g/mol. The second-order valence-corrected chi connectivity index (χ2v) is 10.7. The van der Waals surface area contributed by atoms with Crippen molar-refractivity contribution in [2.75, 3.05) is 24.9 Å². The number of carbonyl (C=O) groups is 1. The van der Waals surface area contributed by atoms with Crippen molar-refractivity contribution >= 4 is 43.3 Å². The molecule has 0 radical (unpaired) electrons. The van der Waals surface area contributed by atoms with E-state index >= 15 is 0 Å². The van der Waals surface area contributed by atoms with Gasteiger partial charge in [-0.25, -0.2) is 21.6 Å². The third-order valence-corrected chi connectivity index (χ3v) is 8.48. The molecule has 2 aromatic carbocycles. The molecule has 1 aliphatic heterocycles. The summed E-state index contributed by atoms with van der Waals surface area (Å²) in [5, 5.41) is 0.0194. The largest absolute Gasteiger partial charge is 0.465 e. The number of piperidine rings is 1. The van der Waals surface area contributed by atoms with E-state index in [0.29, 0.717) is 13.1 Å². The van der Waals surface area contributed by atoms with E-state index in [4.69, 9.17) is 11.6 Å². The molecule has 0 aliphatic carbocycles. The van der Waals surface area contributed by atoms with Crippen LogP contribution in [0.15, 0.2) is 52.3 Å². The zero-order chi connectivity index (χ0) is 21.9. The first kappa shape index (κ1) is 22.5. The van der Waals surface area contributed by atoms with Gasteiger partial charge in [0.2, 0.25) is 10.0 Å². The van der Waals surface area contributed by atoms with Crippen LogP contribution in [0, 0.1) is 0 Å². The fourth-order valence-corrected chi connectivity index (χ4v) is 6.18. The maximum absolute atomic E-state index is 12.9. The number of halogens is 1. The molecule has 8 nitrogen and oxygen atoms in total. The van der Waals surface area contributed by atoms with Gasteiger partial charge < -0.3 is 4.74 Å². The van der Waals surface area contributed by atoms with Gasteiger partial charge in [-0.3, -0.25) is 4.72 Å². The van der Waals surface area contributed by atoms with Gasteiger partial charge in [0.1, 0.15) is 4.90 Å². The molecule has 3 rings (SSSR count). The SMILES string of the molecule is COC(=O)c1ccc(S(=O)(=O)Nc2ccc(Cl)c(S(=O)(=O)N3CCCCC3)c2)cc1. The minimum absolute atomic E-state index is 0.0194. The van der Waals surface area contributed by atoms with Gasteiger partial charge in [-0.1, -0.05) is 18.0 Å². The lowest BCUT2D eigenvalue weighted by atomic mass is 10.2. The van der Waals surface area contributed by atoms with Crippen molar-refractivity contribution in [2.45, 2.75) is 29.1 Å². The first-order chi connectivity index (χ1) is 14.1. The standard InChI is InChI=1S/C19H21ClN2O6S2/c1-28-19(23)14-5-8-16(9-6-14)29(24,25)21-15-7-10-17(20)18(13-15)30(26,27)22-11-3-2-4-12-22/h5-10,13,21H,2-4,11-12H2,1H3. The molecule has 1 saturated heterocycles. The Kier molecular flexibility index (Phi) is 6.71. The van der Waals surface area contributed by atoms with E-state index in [9.17, 15) is 21.6 Å². The van der Waals surface area contributed by atoms with Gasteiger partial charge in [0.25, 0.3) is 10.0 Å². The quantitative estimate of drug-likeness (QED) is 0.647. The number of hydrogen-bond acceptors (Lipinski definition) is 6. The molecule has 1 heterocycles. The Balaban J connectivity index is 1.88. The number of benzene rings is 2. The monoisotopic (exact) mass is 472 g/mol. The molecular formula is C19H21ClN2O6S2. The van der Waals surface area contributed by atoms with Gasteiger partial charge in [0.05, 0.1) is 28.3 Å². The summed E-state index contributed by atoms with van der Waals surface area (Å²) in [6.45, 7) is 0.808. The Labute approximate surface area is 180 Å². The summed E-state index contributed by atoms with van der Waals surface area (Å²) < 4.78 is 59.6. The number of sulfonamides is 2. The summed E-state index contributed by atoms with van der Waals surface area (Å²) in [6, 6.07) is 9.12. The molecule has 0 unspecified atom stereocenters. The minimum Gasteiger partial charge on any atom is -0.465 e. The zero-order valence-electron chi connectivity index (χ0n) is 16.2. The molecule has 0 saturated carbocycles. The molecule has 0 aromatic heterocycles. The van der Waals surface area contributed by atoms with E-state index in [0.717, 1.165) is 19.3 Å². The van der Waals surface area contributed by atoms with Crippen LogP contribution in [0.3, 0.4) is 0 Å². The number of ether oxygens (including phenoxy) is 1. The van der Waals surface area contributed by atoms with Crippen LogP contribution < -0.4 is 4.72 Å². The van der Waals surface area contributed by atoms with E-state index in [1.807, 2.05) is 0 Å². The lowest BCUT2D eigenvalue weighted by Gasteiger charge is -2.26. The maximum atomic E-state index is 12.9. The molecule has 2 aromatic rings. The highest BCUT2D eigenvalue weighted by molar-refractivity contribution is 7.92. The summed E-state index contributed by atoms with van der Waals surface area (Å²) in [5.41, 5.74) is 0.268. The molecule has 162 valence electrons. The van der Waals surface area contributed by atoms with Crippen LogP contribution >= 0.6 is 11.6 Å². The molecule has 0 atom stereocenters. The van der Waals surface area contributed by atoms with Crippen molar-refractivity contribution in [2.24, 2.45) is 0 Å². The average molecular weight is 473 g/mol. The summed E-state index contributed by atoms with van der Waals surface area (Å²) in [6.07, 6.45) is 2.50. The van der Waals surface area contributed by atoms with Crippen LogP contribution in [-0.4, -0.2) is 47.3 Å². The van der Waals surface area contributed by atoms with Gasteiger partial charge in [-0.2, -0.15) is 4.31 Å². The number of nitrogens with zero attached hydrogens (tertiary/aromatic N) is 1. The maximum Gasteiger partial charge on any atom is 0.337 e. The van der Waals surface area contributed by atoms with Crippen molar-refractivity contribution in [1.82, 2.24) is 4.31 Å². The number of hydrogen-bond donors (Lipinski definition) is 1. The van der Waals surface area contributed by atoms with E-state index in [1.165, 1.54) is 53.9 Å². The summed E-state index contributed by atoms with van der Waals surface area (Å²) in [5.74, 6) is -0.586. The number of rotatable bonds is 6. The van der Waals surface area contributed by atoms with Crippen LogP contribution in [0.4, 0.5) is 5.69 Å². The van der Waals surface area contributed by atoms with Gasteiger partial charge in [0.15, 0.2) is 0 Å². The predicted molar refractivity (Wildman–Crippen MR) is 113 cm³/mol. The molecule has 1 fully saturated rings. The minimum atomic E-state index is -4.02. The van der Waals surface area contributed by atoms with Crippen LogP contribution in [0.25, 0.3) is 0 Å². The van der Waals surface area contributed by atoms with Gasteiger partial charge in [-0.15, -0.1) is 0 Å². The highest BCUT2D eigenvalue weighted by Crippen LogP contribution is 2.30. The number of methoxy groups -OCH3 is 1. The second kappa shape index (κ2) is 8.93. The molecule has 0 spiro atoms. The normalized spacial score (nSPS) is 15.5. The first-order valence-electron chi connectivity index (χ1n) is 9.16. The lowest BCUT2D eigenvalue weighted by Crippen LogP contribution is -2.35. The van der Waals surface area contributed by atoms with Crippen LogP contribution in [0.2, 0.25) is 5.02 Å². The number of anilines is 1. The highest BCUT2D eigenvalue weighted by Gasteiger charge is 2.28. The average Bonchev–Trinajstić information content (AvgIpc) is 2.75. The van der Waals surface area contributed by atoms with E-state index in [-0.39, 0.29) is 26.1 Å².